The highest BCUT2D eigenvalue weighted by molar-refractivity contribution is 7.13. The van der Waals surface area contributed by atoms with E-state index < -0.39 is 5.41 Å². The Morgan fingerprint density at radius 3 is 2.50 bits per heavy atom. The molecule has 1 aromatic heterocycles. The van der Waals surface area contributed by atoms with Crippen molar-refractivity contribution in [1.29, 1.82) is 0 Å². The predicted molar refractivity (Wildman–Crippen MR) is 121 cm³/mol. The van der Waals surface area contributed by atoms with Crippen LogP contribution in [0.5, 0.6) is 0 Å². The van der Waals surface area contributed by atoms with Crippen LogP contribution in [0.25, 0.3) is 10.6 Å². The molecule has 1 unspecified atom stereocenters. The fourth-order valence-electron chi connectivity index (χ4n) is 3.83. The minimum Gasteiger partial charge on any atom is -0.338 e. The molecule has 1 aliphatic heterocycles. The molecule has 2 amide bonds. The van der Waals surface area contributed by atoms with Crippen LogP contribution in [0.15, 0.2) is 60.0 Å². The molecule has 1 N–H and O–H groups in total. The van der Waals surface area contributed by atoms with Gasteiger partial charge in [-0.3, -0.25) is 9.59 Å². The molecule has 0 aliphatic carbocycles. The third kappa shape index (κ3) is 4.28. The van der Waals surface area contributed by atoms with Crippen molar-refractivity contribution in [3.8, 4) is 10.6 Å². The van der Waals surface area contributed by atoms with Crippen molar-refractivity contribution >= 4 is 28.8 Å². The number of rotatable bonds is 4. The van der Waals surface area contributed by atoms with E-state index in [-0.39, 0.29) is 11.8 Å². The summed E-state index contributed by atoms with van der Waals surface area (Å²) in [7, 11) is 0. The van der Waals surface area contributed by atoms with Gasteiger partial charge in [-0.1, -0.05) is 18.2 Å². The quantitative estimate of drug-likeness (QED) is 0.647. The predicted octanol–water partition coefficient (Wildman–Crippen LogP) is 5.00. The zero-order chi connectivity index (χ0) is 21.1. The summed E-state index contributed by atoms with van der Waals surface area (Å²) in [5.74, 6) is -0.0664. The van der Waals surface area contributed by atoms with Crippen molar-refractivity contribution in [2.45, 2.75) is 26.7 Å². The second kappa shape index (κ2) is 8.40. The van der Waals surface area contributed by atoms with Gasteiger partial charge in [-0.15, -0.1) is 11.3 Å². The number of likely N-dealkylation sites (tertiary alicyclic amines) is 1. The number of thiazole rings is 1. The molecule has 1 fully saturated rings. The van der Waals surface area contributed by atoms with Crippen LogP contribution in [-0.4, -0.2) is 34.8 Å². The van der Waals surface area contributed by atoms with E-state index in [4.69, 9.17) is 0 Å². The monoisotopic (exact) mass is 419 g/mol. The third-order valence-corrected chi connectivity index (χ3v) is 6.57. The molecule has 1 saturated heterocycles. The SMILES string of the molecule is Cc1csc(-c2ccc(NC(=O)C3(C)CCCN(C(=O)c4ccccc4)C3)cc2)n1. The molecule has 154 valence electrons. The number of hydrogen-bond acceptors (Lipinski definition) is 4. The van der Waals surface area contributed by atoms with Gasteiger partial charge in [0.05, 0.1) is 5.41 Å². The van der Waals surface area contributed by atoms with Crippen LogP contribution in [0.3, 0.4) is 0 Å². The van der Waals surface area contributed by atoms with Crippen LogP contribution in [0.1, 0.15) is 35.8 Å². The van der Waals surface area contributed by atoms with Crippen LogP contribution in [0, 0.1) is 12.3 Å². The van der Waals surface area contributed by atoms with Gasteiger partial charge < -0.3 is 10.2 Å². The molecule has 0 bridgehead atoms. The minimum atomic E-state index is -0.617. The van der Waals surface area contributed by atoms with Crippen LogP contribution in [-0.2, 0) is 4.79 Å². The largest absolute Gasteiger partial charge is 0.338 e. The van der Waals surface area contributed by atoms with E-state index in [1.807, 2.05) is 73.8 Å². The summed E-state index contributed by atoms with van der Waals surface area (Å²) in [6, 6.07) is 17.0. The van der Waals surface area contributed by atoms with Gasteiger partial charge in [0, 0.05) is 41.0 Å². The van der Waals surface area contributed by atoms with E-state index in [0.29, 0.717) is 18.7 Å². The first kappa shape index (κ1) is 20.3. The van der Waals surface area contributed by atoms with Gasteiger partial charge >= 0.3 is 0 Å². The van der Waals surface area contributed by atoms with Crippen LogP contribution in [0.2, 0.25) is 0 Å². The molecule has 5 nitrogen and oxygen atoms in total. The molecule has 30 heavy (non-hydrogen) atoms. The molecule has 2 heterocycles. The lowest BCUT2D eigenvalue weighted by molar-refractivity contribution is -0.127. The van der Waals surface area contributed by atoms with Gasteiger partial charge in [-0.2, -0.15) is 0 Å². The number of carbonyl (C=O) groups excluding carboxylic acids is 2. The molecular formula is C24H25N3O2S. The highest BCUT2D eigenvalue weighted by Crippen LogP contribution is 2.32. The average Bonchev–Trinajstić information content (AvgIpc) is 3.20. The van der Waals surface area contributed by atoms with Crippen LogP contribution < -0.4 is 5.32 Å². The number of aromatic nitrogens is 1. The standard InChI is InChI=1S/C24H25N3O2S/c1-17-15-30-21(25-17)18-9-11-20(12-10-18)26-23(29)24(2)13-6-14-27(16-24)22(28)19-7-4-3-5-8-19/h3-5,7-12,15H,6,13-14,16H2,1-2H3,(H,26,29). The number of benzene rings is 2. The Morgan fingerprint density at radius 1 is 1.10 bits per heavy atom. The van der Waals surface area contributed by atoms with E-state index in [9.17, 15) is 9.59 Å². The summed E-state index contributed by atoms with van der Waals surface area (Å²) in [5, 5.41) is 6.04. The van der Waals surface area contributed by atoms with E-state index in [1.54, 1.807) is 16.2 Å². The number of hydrogen-bond donors (Lipinski definition) is 1. The molecule has 2 aromatic carbocycles. The van der Waals surface area contributed by atoms with Crippen LogP contribution in [0.4, 0.5) is 5.69 Å². The maximum Gasteiger partial charge on any atom is 0.253 e. The van der Waals surface area contributed by atoms with Gasteiger partial charge in [0.25, 0.3) is 5.91 Å². The van der Waals surface area contributed by atoms with Crippen molar-refractivity contribution in [3.05, 3.63) is 71.2 Å². The molecule has 4 rings (SSSR count). The first-order valence-corrected chi connectivity index (χ1v) is 11.0. The smallest absolute Gasteiger partial charge is 0.253 e. The molecule has 6 heteroatoms. The molecule has 0 radical (unpaired) electrons. The third-order valence-electron chi connectivity index (χ3n) is 5.56. The molecule has 0 saturated carbocycles. The Morgan fingerprint density at radius 2 is 1.83 bits per heavy atom. The zero-order valence-electron chi connectivity index (χ0n) is 17.2. The summed E-state index contributed by atoms with van der Waals surface area (Å²) in [6.07, 6.45) is 1.57. The molecule has 0 spiro atoms. The first-order valence-electron chi connectivity index (χ1n) is 10.1. The summed E-state index contributed by atoms with van der Waals surface area (Å²) in [6.45, 7) is 5.02. The Bertz CT molecular complexity index is 1050. The van der Waals surface area contributed by atoms with Crippen LogP contribution >= 0.6 is 11.3 Å². The van der Waals surface area contributed by atoms with Gasteiger partial charge in [0.2, 0.25) is 5.91 Å². The van der Waals surface area contributed by atoms with Crippen molar-refractivity contribution in [2.24, 2.45) is 5.41 Å². The van der Waals surface area contributed by atoms with Gasteiger partial charge in [0.1, 0.15) is 5.01 Å². The topological polar surface area (TPSA) is 62.3 Å². The van der Waals surface area contributed by atoms with E-state index in [1.165, 1.54) is 0 Å². The normalized spacial score (nSPS) is 18.8. The molecule has 1 atom stereocenters. The van der Waals surface area contributed by atoms with Crippen molar-refractivity contribution in [3.63, 3.8) is 0 Å². The van der Waals surface area contributed by atoms with E-state index >= 15 is 0 Å². The van der Waals surface area contributed by atoms with E-state index in [2.05, 4.69) is 10.3 Å². The minimum absolute atomic E-state index is 0.0163. The second-order valence-corrected chi connectivity index (χ2v) is 8.94. The molecular weight excluding hydrogens is 394 g/mol. The lowest BCUT2D eigenvalue weighted by atomic mass is 9.80. The van der Waals surface area contributed by atoms with Gasteiger partial charge in [0.15, 0.2) is 0 Å². The Balaban J connectivity index is 1.43. The fraction of sp³-hybridized carbons (Fsp3) is 0.292. The zero-order valence-corrected chi connectivity index (χ0v) is 18.0. The average molecular weight is 420 g/mol. The van der Waals surface area contributed by atoms with Gasteiger partial charge in [-0.25, -0.2) is 4.98 Å². The summed E-state index contributed by atoms with van der Waals surface area (Å²) in [4.78, 5) is 32.2. The number of piperidine rings is 1. The Hall–Kier alpha value is -2.99. The van der Waals surface area contributed by atoms with Crippen molar-refractivity contribution in [1.82, 2.24) is 9.88 Å². The number of carbonyl (C=O) groups is 2. The highest BCUT2D eigenvalue weighted by Gasteiger charge is 2.39. The van der Waals surface area contributed by atoms with Crippen molar-refractivity contribution in [2.75, 3.05) is 18.4 Å². The Kier molecular flexibility index (Phi) is 5.68. The number of anilines is 1. The van der Waals surface area contributed by atoms with E-state index in [0.717, 1.165) is 34.8 Å². The summed E-state index contributed by atoms with van der Waals surface area (Å²) >= 11 is 1.61. The number of nitrogens with one attached hydrogen (secondary N) is 1. The van der Waals surface area contributed by atoms with Gasteiger partial charge in [-0.05, 0) is 63.1 Å². The second-order valence-electron chi connectivity index (χ2n) is 8.08. The summed E-state index contributed by atoms with van der Waals surface area (Å²) in [5.41, 5.74) is 2.84. The number of amides is 2. The lowest BCUT2D eigenvalue weighted by Crippen LogP contribution is -2.50. The number of aryl methyl sites for hydroxylation is 1. The maximum absolute atomic E-state index is 13.1. The maximum atomic E-state index is 13.1. The molecule has 3 aromatic rings. The summed E-state index contributed by atoms with van der Waals surface area (Å²) < 4.78 is 0. The fourth-order valence-corrected chi connectivity index (χ4v) is 4.63. The molecule has 1 aliphatic rings. The lowest BCUT2D eigenvalue weighted by Gasteiger charge is -2.39. The Labute approximate surface area is 180 Å². The first-order chi connectivity index (χ1) is 14.4. The highest BCUT2D eigenvalue weighted by atomic mass is 32.1. The number of nitrogens with zero attached hydrogens (tertiary/aromatic N) is 2. The van der Waals surface area contributed by atoms with Crippen molar-refractivity contribution < 1.29 is 9.59 Å².